The molecule has 1 heterocycles. The summed E-state index contributed by atoms with van der Waals surface area (Å²) in [5.41, 5.74) is 6.57. The van der Waals surface area contributed by atoms with E-state index in [9.17, 15) is 9.59 Å². The number of esters is 1. The first-order chi connectivity index (χ1) is 11.9. The molecule has 2 aromatic carbocycles. The van der Waals surface area contributed by atoms with Gasteiger partial charge in [-0.2, -0.15) is 0 Å². The molecule has 7 nitrogen and oxygen atoms in total. The maximum absolute atomic E-state index is 12.2. The molecule has 1 atom stereocenters. The zero-order valence-electron chi connectivity index (χ0n) is 13.2. The van der Waals surface area contributed by atoms with Gasteiger partial charge in [-0.05, 0) is 37.3 Å². The van der Waals surface area contributed by atoms with E-state index in [1.807, 2.05) is 0 Å². The van der Waals surface area contributed by atoms with Gasteiger partial charge >= 0.3 is 5.97 Å². The molecule has 130 valence electrons. The summed E-state index contributed by atoms with van der Waals surface area (Å²) in [6, 6.07) is 9.38. The van der Waals surface area contributed by atoms with Gasteiger partial charge in [0.2, 0.25) is 6.79 Å². The Labute approximate surface area is 148 Å². The molecule has 0 saturated heterocycles. The molecule has 2 aromatic rings. The van der Waals surface area contributed by atoms with Gasteiger partial charge in [-0.1, -0.05) is 11.6 Å². The number of anilines is 2. The molecule has 0 spiro atoms. The fourth-order valence-electron chi connectivity index (χ4n) is 2.22. The highest BCUT2D eigenvalue weighted by Gasteiger charge is 2.21. The number of hydrogen-bond acceptors (Lipinski definition) is 6. The monoisotopic (exact) mass is 362 g/mol. The Kier molecular flexibility index (Phi) is 4.67. The lowest BCUT2D eigenvalue weighted by Gasteiger charge is -2.14. The summed E-state index contributed by atoms with van der Waals surface area (Å²) in [7, 11) is 0. The fraction of sp³-hybridized carbons (Fsp3) is 0.176. The number of amides is 1. The molecule has 0 radical (unpaired) electrons. The molecule has 1 aliphatic rings. The third-order valence-corrected chi connectivity index (χ3v) is 3.76. The standard InChI is InChI=1S/C17H15ClN2O5/c1-9(25-17(22)12-4-2-10(18)6-13(12)19)16(21)20-11-3-5-14-15(7-11)24-8-23-14/h2-7,9H,8,19H2,1H3,(H,20,21)/t9-/m1/s1. The van der Waals surface area contributed by atoms with Gasteiger partial charge < -0.3 is 25.3 Å². The smallest absolute Gasteiger partial charge is 0.341 e. The van der Waals surface area contributed by atoms with Gasteiger partial charge in [0.05, 0.1) is 5.56 Å². The van der Waals surface area contributed by atoms with Gasteiger partial charge in [0.15, 0.2) is 17.6 Å². The Morgan fingerprint density at radius 3 is 2.72 bits per heavy atom. The summed E-state index contributed by atoms with van der Waals surface area (Å²) in [5, 5.41) is 3.05. The zero-order chi connectivity index (χ0) is 18.0. The van der Waals surface area contributed by atoms with Crippen LogP contribution in [0.15, 0.2) is 36.4 Å². The number of hydrogen-bond donors (Lipinski definition) is 2. The fourth-order valence-corrected chi connectivity index (χ4v) is 2.40. The van der Waals surface area contributed by atoms with E-state index in [1.165, 1.54) is 25.1 Å². The Hall–Kier alpha value is -2.93. The number of carbonyl (C=O) groups excluding carboxylic acids is 2. The quantitative estimate of drug-likeness (QED) is 0.640. The van der Waals surface area contributed by atoms with Crippen LogP contribution in [0.3, 0.4) is 0 Å². The molecule has 1 amide bonds. The normalized spacial score (nSPS) is 13.2. The number of nitrogen functional groups attached to an aromatic ring is 1. The highest BCUT2D eigenvalue weighted by atomic mass is 35.5. The molecule has 3 rings (SSSR count). The Morgan fingerprint density at radius 1 is 1.20 bits per heavy atom. The predicted molar refractivity (Wildman–Crippen MR) is 91.9 cm³/mol. The number of rotatable bonds is 4. The number of fused-ring (bicyclic) bond motifs is 1. The molecule has 0 aliphatic carbocycles. The van der Waals surface area contributed by atoms with E-state index in [0.717, 1.165) is 0 Å². The van der Waals surface area contributed by atoms with Crippen LogP contribution in [0.4, 0.5) is 11.4 Å². The van der Waals surface area contributed by atoms with Crippen LogP contribution in [-0.2, 0) is 9.53 Å². The lowest BCUT2D eigenvalue weighted by Crippen LogP contribution is -2.30. The van der Waals surface area contributed by atoms with E-state index in [1.54, 1.807) is 18.2 Å². The Morgan fingerprint density at radius 2 is 1.96 bits per heavy atom. The molecular formula is C17H15ClN2O5. The lowest BCUT2D eigenvalue weighted by atomic mass is 10.2. The first-order valence-electron chi connectivity index (χ1n) is 7.40. The second kappa shape index (κ2) is 6.90. The first-order valence-corrected chi connectivity index (χ1v) is 7.78. The molecule has 3 N–H and O–H groups in total. The molecule has 0 fully saturated rings. The van der Waals surface area contributed by atoms with E-state index >= 15 is 0 Å². The van der Waals surface area contributed by atoms with Crippen molar-refractivity contribution in [2.75, 3.05) is 17.8 Å². The number of ether oxygens (including phenoxy) is 3. The van der Waals surface area contributed by atoms with E-state index in [-0.39, 0.29) is 18.0 Å². The van der Waals surface area contributed by atoms with E-state index < -0.39 is 18.0 Å². The van der Waals surface area contributed by atoms with Crippen molar-refractivity contribution in [3.63, 3.8) is 0 Å². The summed E-state index contributed by atoms with van der Waals surface area (Å²) in [6.45, 7) is 1.61. The van der Waals surface area contributed by atoms with Crippen LogP contribution in [-0.4, -0.2) is 24.8 Å². The number of nitrogens with two attached hydrogens (primary N) is 1. The van der Waals surface area contributed by atoms with Crippen LogP contribution in [0.5, 0.6) is 11.5 Å². The zero-order valence-corrected chi connectivity index (χ0v) is 14.0. The van der Waals surface area contributed by atoms with Crippen LogP contribution in [0.25, 0.3) is 0 Å². The number of benzene rings is 2. The number of nitrogens with one attached hydrogen (secondary N) is 1. The molecule has 1 aliphatic heterocycles. The second-order valence-corrected chi connectivity index (χ2v) is 5.77. The van der Waals surface area contributed by atoms with Gasteiger partial charge in [-0.25, -0.2) is 4.79 Å². The maximum atomic E-state index is 12.2. The number of carbonyl (C=O) groups is 2. The van der Waals surface area contributed by atoms with Crippen LogP contribution >= 0.6 is 11.6 Å². The summed E-state index contributed by atoms with van der Waals surface area (Å²) in [4.78, 5) is 24.3. The maximum Gasteiger partial charge on any atom is 0.341 e. The van der Waals surface area contributed by atoms with Crippen LogP contribution in [0.1, 0.15) is 17.3 Å². The lowest BCUT2D eigenvalue weighted by molar-refractivity contribution is -0.123. The average molecular weight is 363 g/mol. The van der Waals surface area contributed by atoms with Crippen LogP contribution < -0.4 is 20.5 Å². The summed E-state index contributed by atoms with van der Waals surface area (Å²) in [5.74, 6) is -0.0469. The summed E-state index contributed by atoms with van der Waals surface area (Å²) in [6.07, 6.45) is -1.02. The topological polar surface area (TPSA) is 99.9 Å². The van der Waals surface area contributed by atoms with Gasteiger partial charge in [0.25, 0.3) is 5.91 Å². The predicted octanol–water partition coefficient (Wildman–Crippen LogP) is 2.83. The third-order valence-electron chi connectivity index (χ3n) is 3.53. The van der Waals surface area contributed by atoms with Gasteiger partial charge in [0.1, 0.15) is 0 Å². The number of halogens is 1. The van der Waals surface area contributed by atoms with E-state index in [2.05, 4.69) is 5.32 Å². The van der Waals surface area contributed by atoms with Gasteiger partial charge in [0, 0.05) is 22.5 Å². The molecule has 8 heteroatoms. The van der Waals surface area contributed by atoms with Crippen molar-refractivity contribution < 1.29 is 23.8 Å². The highest BCUT2D eigenvalue weighted by molar-refractivity contribution is 6.31. The van der Waals surface area contributed by atoms with Gasteiger partial charge in [-0.3, -0.25) is 4.79 Å². The van der Waals surface area contributed by atoms with Crippen molar-refractivity contribution in [2.24, 2.45) is 0 Å². The second-order valence-electron chi connectivity index (χ2n) is 5.34. The van der Waals surface area contributed by atoms with Crippen LogP contribution in [0, 0.1) is 0 Å². The molecule has 0 unspecified atom stereocenters. The van der Waals surface area contributed by atoms with Crippen molar-refractivity contribution in [2.45, 2.75) is 13.0 Å². The van der Waals surface area contributed by atoms with E-state index in [4.69, 9.17) is 31.5 Å². The SMILES string of the molecule is C[C@@H](OC(=O)c1ccc(Cl)cc1N)C(=O)Nc1ccc2c(c1)OCO2. The molecule has 25 heavy (non-hydrogen) atoms. The van der Waals surface area contributed by atoms with Crippen LogP contribution in [0.2, 0.25) is 5.02 Å². The third kappa shape index (κ3) is 3.77. The first kappa shape index (κ1) is 16.9. The minimum Gasteiger partial charge on any atom is -0.454 e. The Balaban J connectivity index is 1.63. The molecule has 0 aromatic heterocycles. The largest absolute Gasteiger partial charge is 0.454 e. The van der Waals surface area contributed by atoms with E-state index in [0.29, 0.717) is 22.2 Å². The Bertz CT molecular complexity index is 840. The molecule has 0 saturated carbocycles. The van der Waals surface area contributed by atoms with Gasteiger partial charge in [-0.15, -0.1) is 0 Å². The highest BCUT2D eigenvalue weighted by Crippen LogP contribution is 2.34. The van der Waals surface area contributed by atoms with Crippen molar-refractivity contribution in [1.29, 1.82) is 0 Å². The van der Waals surface area contributed by atoms with Crippen molar-refractivity contribution in [3.05, 3.63) is 47.0 Å². The minimum atomic E-state index is -1.02. The van der Waals surface area contributed by atoms with Crippen molar-refractivity contribution >= 4 is 34.9 Å². The summed E-state index contributed by atoms with van der Waals surface area (Å²) >= 11 is 5.79. The molecule has 0 bridgehead atoms. The molecular weight excluding hydrogens is 348 g/mol. The average Bonchev–Trinajstić information content (AvgIpc) is 3.02. The minimum absolute atomic E-state index is 0.142. The van der Waals surface area contributed by atoms with Crippen molar-refractivity contribution in [3.8, 4) is 11.5 Å². The summed E-state index contributed by atoms with van der Waals surface area (Å²) < 4.78 is 15.6. The van der Waals surface area contributed by atoms with Crippen molar-refractivity contribution in [1.82, 2.24) is 0 Å².